The Morgan fingerprint density at radius 3 is 2.84 bits per heavy atom. The van der Waals surface area contributed by atoms with Crippen LogP contribution in [0.5, 0.6) is 5.75 Å². The van der Waals surface area contributed by atoms with Crippen molar-refractivity contribution in [2.24, 2.45) is 10.2 Å². The summed E-state index contributed by atoms with van der Waals surface area (Å²) in [5.74, 6) is 0.431. The van der Waals surface area contributed by atoms with Crippen molar-refractivity contribution in [1.29, 1.82) is 0 Å². The van der Waals surface area contributed by atoms with Crippen LogP contribution in [0.3, 0.4) is 0 Å². The van der Waals surface area contributed by atoms with Crippen molar-refractivity contribution in [3.63, 3.8) is 0 Å². The number of methoxy groups -OCH3 is 1. The van der Waals surface area contributed by atoms with Gasteiger partial charge in [0.05, 0.1) is 13.3 Å². The van der Waals surface area contributed by atoms with Gasteiger partial charge in [0.25, 0.3) is 0 Å². The summed E-state index contributed by atoms with van der Waals surface area (Å²) >= 11 is 1.22. The van der Waals surface area contributed by atoms with Gasteiger partial charge in [-0.25, -0.2) is 0 Å². The summed E-state index contributed by atoms with van der Waals surface area (Å²) in [5, 5.41) is 13.4. The van der Waals surface area contributed by atoms with E-state index in [1.165, 1.54) is 11.8 Å². The number of nitrogens with one attached hydrogen (secondary N) is 2. The summed E-state index contributed by atoms with van der Waals surface area (Å²) in [6, 6.07) is 7.36. The molecule has 0 aromatic heterocycles. The minimum Gasteiger partial charge on any atom is -0.497 e. The van der Waals surface area contributed by atoms with Crippen molar-refractivity contribution < 1.29 is 14.3 Å². The van der Waals surface area contributed by atoms with Gasteiger partial charge in [-0.15, -0.1) is 5.10 Å². The van der Waals surface area contributed by atoms with E-state index < -0.39 is 5.25 Å². The third kappa shape index (κ3) is 6.22. The molecule has 0 radical (unpaired) electrons. The molecule has 1 atom stereocenters. The number of hydrogen-bond donors (Lipinski definition) is 2. The van der Waals surface area contributed by atoms with Crippen molar-refractivity contribution in [2.45, 2.75) is 31.4 Å². The van der Waals surface area contributed by atoms with Gasteiger partial charge in [-0.2, -0.15) is 5.10 Å². The van der Waals surface area contributed by atoms with Gasteiger partial charge in [0, 0.05) is 13.0 Å². The molecule has 8 heteroatoms. The molecule has 2 rings (SSSR count). The van der Waals surface area contributed by atoms with Gasteiger partial charge in [0.2, 0.25) is 11.8 Å². The lowest BCUT2D eigenvalue weighted by atomic mass is 10.2. The third-order valence-corrected chi connectivity index (χ3v) is 4.54. The first kappa shape index (κ1) is 19.0. The Morgan fingerprint density at radius 1 is 1.40 bits per heavy atom. The smallest absolute Gasteiger partial charge is 0.240 e. The molecule has 0 aliphatic carbocycles. The monoisotopic (exact) mass is 362 g/mol. The van der Waals surface area contributed by atoms with Crippen molar-refractivity contribution in [2.75, 3.05) is 13.7 Å². The molecular formula is C17H22N4O3S. The molecule has 7 nitrogen and oxygen atoms in total. The zero-order chi connectivity index (χ0) is 18.1. The van der Waals surface area contributed by atoms with E-state index in [9.17, 15) is 9.59 Å². The molecule has 0 saturated carbocycles. The second-order valence-electron chi connectivity index (χ2n) is 5.43. The topological polar surface area (TPSA) is 92.2 Å². The number of thioether (sulfide) groups is 1. The number of benzene rings is 1. The molecule has 1 heterocycles. The SMILES string of the molecule is CCCCNC(=O)C[C@@H]1SC(=NN=Cc2ccc(OC)cc2)NC1=O. The highest BCUT2D eigenvalue weighted by Crippen LogP contribution is 2.22. The minimum atomic E-state index is -0.462. The van der Waals surface area contributed by atoms with E-state index >= 15 is 0 Å². The Morgan fingerprint density at radius 2 is 2.16 bits per heavy atom. The van der Waals surface area contributed by atoms with E-state index in [1.54, 1.807) is 13.3 Å². The zero-order valence-corrected chi connectivity index (χ0v) is 15.1. The van der Waals surface area contributed by atoms with E-state index in [0.717, 1.165) is 24.2 Å². The van der Waals surface area contributed by atoms with Gasteiger partial charge in [-0.1, -0.05) is 25.1 Å². The lowest BCUT2D eigenvalue weighted by Crippen LogP contribution is -2.31. The number of carbonyl (C=O) groups is 2. The van der Waals surface area contributed by atoms with Crippen molar-refractivity contribution in [3.8, 4) is 5.75 Å². The number of hydrogen-bond acceptors (Lipinski definition) is 6. The van der Waals surface area contributed by atoms with Crippen LogP contribution in [-0.4, -0.2) is 42.1 Å². The molecule has 1 aromatic rings. The maximum atomic E-state index is 11.9. The molecule has 0 spiro atoms. The van der Waals surface area contributed by atoms with Crippen LogP contribution in [0.1, 0.15) is 31.7 Å². The second kappa shape index (κ2) is 9.83. The fourth-order valence-corrected chi connectivity index (χ4v) is 2.99. The van der Waals surface area contributed by atoms with Gasteiger partial charge in [0.1, 0.15) is 11.0 Å². The number of rotatable bonds is 8. The number of amides is 2. The Balaban J connectivity index is 1.84. The number of carbonyl (C=O) groups excluding carboxylic acids is 2. The van der Waals surface area contributed by atoms with E-state index in [0.29, 0.717) is 11.7 Å². The summed E-state index contributed by atoms with van der Waals surface area (Å²) in [6.45, 7) is 2.70. The van der Waals surface area contributed by atoms with Gasteiger partial charge in [-0.05, 0) is 36.2 Å². The van der Waals surface area contributed by atoms with Crippen LogP contribution in [0, 0.1) is 0 Å². The maximum absolute atomic E-state index is 11.9. The zero-order valence-electron chi connectivity index (χ0n) is 14.3. The molecule has 1 aromatic carbocycles. The molecule has 1 aliphatic heterocycles. The fourth-order valence-electron chi connectivity index (χ4n) is 2.07. The average Bonchev–Trinajstić information content (AvgIpc) is 2.95. The molecule has 1 aliphatic rings. The molecule has 1 saturated heterocycles. The number of unbranched alkanes of at least 4 members (excludes halogenated alkanes) is 1. The largest absolute Gasteiger partial charge is 0.497 e. The normalized spacial score (nSPS) is 18.6. The second-order valence-corrected chi connectivity index (χ2v) is 6.62. The van der Waals surface area contributed by atoms with E-state index in [2.05, 4.69) is 27.8 Å². The molecule has 25 heavy (non-hydrogen) atoms. The molecular weight excluding hydrogens is 340 g/mol. The first-order chi connectivity index (χ1) is 12.1. The predicted octanol–water partition coefficient (Wildman–Crippen LogP) is 1.92. The Hall–Kier alpha value is -2.35. The van der Waals surface area contributed by atoms with E-state index in [-0.39, 0.29) is 18.2 Å². The summed E-state index contributed by atoms with van der Waals surface area (Å²) in [4.78, 5) is 23.7. The molecule has 2 amide bonds. The quantitative estimate of drug-likeness (QED) is 0.420. The number of amidine groups is 1. The van der Waals surface area contributed by atoms with Gasteiger partial charge in [-0.3, -0.25) is 9.59 Å². The molecule has 2 N–H and O–H groups in total. The standard InChI is InChI=1S/C17H22N4O3S/c1-3-4-9-18-15(22)10-14-16(23)20-17(25-14)21-19-11-12-5-7-13(24-2)8-6-12/h5-8,11,14H,3-4,9-10H2,1-2H3,(H,18,22)(H,20,21,23)/t14-/m0/s1. The lowest BCUT2D eigenvalue weighted by Gasteiger charge is -2.06. The van der Waals surface area contributed by atoms with Crippen LogP contribution >= 0.6 is 11.8 Å². The van der Waals surface area contributed by atoms with Crippen molar-refractivity contribution in [3.05, 3.63) is 29.8 Å². The van der Waals surface area contributed by atoms with Gasteiger partial charge in [0.15, 0.2) is 5.17 Å². The van der Waals surface area contributed by atoms with Gasteiger partial charge < -0.3 is 15.4 Å². The van der Waals surface area contributed by atoms with Crippen LogP contribution in [0.15, 0.2) is 34.5 Å². The highest BCUT2D eigenvalue weighted by molar-refractivity contribution is 8.15. The molecule has 134 valence electrons. The predicted molar refractivity (Wildman–Crippen MR) is 100 cm³/mol. The van der Waals surface area contributed by atoms with E-state index in [4.69, 9.17) is 4.74 Å². The highest BCUT2D eigenvalue weighted by Gasteiger charge is 2.32. The molecule has 1 fully saturated rings. The van der Waals surface area contributed by atoms with Crippen LogP contribution in [0.25, 0.3) is 0 Å². The van der Waals surface area contributed by atoms with Crippen LogP contribution in [0.4, 0.5) is 0 Å². The Kier molecular flexibility index (Phi) is 7.46. The molecule has 0 unspecified atom stereocenters. The third-order valence-electron chi connectivity index (χ3n) is 3.47. The number of ether oxygens (including phenoxy) is 1. The van der Waals surface area contributed by atoms with Crippen LogP contribution in [-0.2, 0) is 9.59 Å². The van der Waals surface area contributed by atoms with E-state index in [1.807, 2.05) is 24.3 Å². The maximum Gasteiger partial charge on any atom is 0.240 e. The summed E-state index contributed by atoms with van der Waals surface area (Å²) in [5.41, 5.74) is 0.867. The van der Waals surface area contributed by atoms with Crippen LogP contribution in [0.2, 0.25) is 0 Å². The summed E-state index contributed by atoms with van der Waals surface area (Å²) in [7, 11) is 1.61. The minimum absolute atomic E-state index is 0.121. The fraction of sp³-hybridized carbons (Fsp3) is 0.412. The summed E-state index contributed by atoms with van der Waals surface area (Å²) in [6.07, 6.45) is 3.68. The lowest BCUT2D eigenvalue weighted by molar-refractivity contribution is -0.125. The summed E-state index contributed by atoms with van der Waals surface area (Å²) < 4.78 is 5.09. The molecule has 0 bridgehead atoms. The van der Waals surface area contributed by atoms with Crippen molar-refractivity contribution >= 4 is 35.0 Å². The highest BCUT2D eigenvalue weighted by atomic mass is 32.2. The Labute approximate surface area is 151 Å². The average molecular weight is 362 g/mol. The first-order valence-electron chi connectivity index (χ1n) is 8.11. The van der Waals surface area contributed by atoms with Crippen molar-refractivity contribution in [1.82, 2.24) is 10.6 Å². The van der Waals surface area contributed by atoms with Gasteiger partial charge >= 0.3 is 0 Å². The van der Waals surface area contributed by atoms with Crippen LogP contribution < -0.4 is 15.4 Å². The Bertz CT molecular complexity index is 658. The number of nitrogens with zero attached hydrogens (tertiary/aromatic N) is 2. The first-order valence-corrected chi connectivity index (χ1v) is 8.99.